The molecule has 1 fully saturated rings. The van der Waals surface area contributed by atoms with E-state index in [0.717, 1.165) is 36.4 Å². The molecule has 36 heavy (non-hydrogen) atoms. The second-order valence-corrected chi connectivity index (χ2v) is 8.83. The topological polar surface area (TPSA) is 88.0 Å². The summed E-state index contributed by atoms with van der Waals surface area (Å²) in [7, 11) is 1.74. The Balaban J connectivity index is 1.54. The molecule has 0 atom stereocenters. The largest absolute Gasteiger partial charge is 0.373 e. The van der Waals surface area contributed by atoms with Crippen molar-refractivity contribution in [3.63, 3.8) is 0 Å². The molecule has 0 spiro atoms. The highest BCUT2D eigenvalue weighted by Gasteiger charge is 2.30. The van der Waals surface area contributed by atoms with Crippen LogP contribution >= 0.6 is 11.6 Å². The molecule has 1 aliphatic carbocycles. The van der Waals surface area contributed by atoms with Gasteiger partial charge in [-0.15, -0.1) is 0 Å². The number of pyridine rings is 2. The molecule has 7 nitrogen and oxygen atoms in total. The monoisotopic (exact) mass is 513 g/mol. The molecule has 0 radical (unpaired) electrons. The molecule has 0 bridgehead atoms. The Bertz CT molecular complexity index is 1570. The van der Waals surface area contributed by atoms with Crippen LogP contribution in [-0.4, -0.2) is 22.6 Å². The molecular weight excluding hydrogens is 495 g/mol. The van der Waals surface area contributed by atoms with E-state index in [1.165, 1.54) is 10.6 Å². The third kappa shape index (κ3) is 4.59. The van der Waals surface area contributed by atoms with Crippen molar-refractivity contribution in [1.29, 1.82) is 0 Å². The highest BCUT2D eigenvalue weighted by atomic mass is 35.5. The van der Waals surface area contributed by atoms with Crippen LogP contribution in [0.2, 0.25) is 5.02 Å². The molecule has 2 heterocycles. The van der Waals surface area contributed by atoms with Gasteiger partial charge in [-0.05, 0) is 54.5 Å². The average Bonchev–Trinajstić information content (AvgIpc) is 3.64. The maximum atomic E-state index is 14.7. The molecule has 3 N–H and O–H groups in total. The van der Waals surface area contributed by atoms with Gasteiger partial charge in [0, 0.05) is 42.1 Å². The molecule has 0 unspecified atom stereocenters. The van der Waals surface area contributed by atoms with Crippen molar-refractivity contribution in [2.24, 2.45) is 0 Å². The summed E-state index contributed by atoms with van der Waals surface area (Å²) in [5.74, 6) is -1.92. The number of nitrogens with one attached hydrogen (secondary N) is 3. The normalized spacial score (nSPS) is 13.0. The molecule has 2 amide bonds. The number of carbonyl (C=O) groups is 1. The van der Waals surface area contributed by atoms with Crippen LogP contribution in [0.4, 0.5) is 35.2 Å². The van der Waals surface area contributed by atoms with Crippen LogP contribution in [0, 0.1) is 17.5 Å². The van der Waals surface area contributed by atoms with Crippen molar-refractivity contribution >= 4 is 45.6 Å². The van der Waals surface area contributed by atoms with E-state index in [2.05, 4.69) is 20.9 Å². The lowest BCUT2D eigenvalue weighted by atomic mass is 10.0. The van der Waals surface area contributed by atoms with Crippen LogP contribution in [0.25, 0.3) is 16.5 Å². The maximum Gasteiger partial charge on any atom is 0.323 e. The molecule has 2 aromatic carbocycles. The van der Waals surface area contributed by atoms with E-state index in [9.17, 15) is 22.8 Å². The highest BCUT2D eigenvalue weighted by molar-refractivity contribution is 6.32. The molecule has 0 aliphatic heterocycles. The van der Waals surface area contributed by atoms with Crippen LogP contribution in [0.1, 0.15) is 24.3 Å². The summed E-state index contributed by atoms with van der Waals surface area (Å²) >= 11 is 6.32. The first-order chi connectivity index (χ1) is 17.2. The summed E-state index contributed by atoms with van der Waals surface area (Å²) in [6.45, 7) is 0. The van der Waals surface area contributed by atoms with Crippen LogP contribution < -0.4 is 21.5 Å². The number of hydrogen-bond acceptors (Lipinski definition) is 4. The Morgan fingerprint density at radius 2 is 1.78 bits per heavy atom. The fraction of sp³-hybridized carbons (Fsp3) is 0.160. The summed E-state index contributed by atoms with van der Waals surface area (Å²) < 4.78 is 42.8. The fourth-order valence-corrected chi connectivity index (χ4v) is 4.30. The number of urea groups is 1. The number of carbonyl (C=O) groups excluding carboxylic acids is 1. The smallest absolute Gasteiger partial charge is 0.323 e. The van der Waals surface area contributed by atoms with E-state index in [0.29, 0.717) is 22.8 Å². The zero-order chi connectivity index (χ0) is 25.6. The minimum Gasteiger partial charge on any atom is -0.373 e. The number of amides is 2. The van der Waals surface area contributed by atoms with Crippen molar-refractivity contribution in [3.05, 3.63) is 87.2 Å². The van der Waals surface area contributed by atoms with Gasteiger partial charge < -0.3 is 16.0 Å². The van der Waals surface area contributed by atoms with E-state index < -0.39 is 23.5 Å². The summed E-state index contributed by atoms with van der Waals surface area (Å²) in [6.07, 6.45) is 4.94. The first-order valence-electron chi connectivity index (χ1n) is 11.0. The van der Waals surface area contributed by atoms with Crippen molar-refractivity contribution in [2.75, 3.05) is 23.0 Å². The molecule has 2 aromatic heterocycles. The maximum absolute atomic E-state index is 14.7. The number of benzene rings is 2. The molecule has 184 valence electrons. The van der Waals surface area contributed by atoms with Gasteiger partial charge in [0.05, 0.1) is 16.4 Å². The molecule has 0 saturated heterocycles. The molecule has 5 rings (SSSR count). The van der Waals surface area contributed by atoms with Gasteiger partial charge in [-0.25, -0.2) is 22.9 Å². The molecule has 11 heteroatoms. The number of hydrogen-bond donors (Lipinski definition) is 3. The summed E-state index contributed by atoms with van der Waals surface area (Å²) in [6, 6.07) is 5.54. The zero-order valence-electron chi connectivity index (χ0n) is 18.8. The van der Waals surface area contributed by atoms with Gasteiger partial charge >= 0.3 is 6.03 Å². The van der Waals surface area contributed by atoms with Gasteiger partial charge in [0.1, 0.15) is 23.3 Å². The summed E-state index contributed by atoms with van der Waals surface area (Å²) in [4.78, 5) is 30.3. The van der Waals surface area contributed by atoms with E-state index in [1.54, 1.807) is 19.4 Å². The van der Waals surface area contributed by atoms with E-state index in [1.807, 2.05) is 6.07 Å². The minimum absolute atomic E-state index is 0.0475. The third-order valence-electron chi connectivity index (χ3n) is 5.85. The predicted octanol–water partition coefficient (Wildman–Crippen LogP) is 6.02. The number of fused-ring (bicyclic) bond motifs is 1. The standard InChI is InChI=1S/C25H19ClF3N5O2/c1-30-22-7-17-13(10-31-22)11-34(24(35)23(17)12-2-3-12)21-9-20(19(29)8-18(21)26)33-25(36)32-16-5-14(27)4-15(28)6-16/h4-12,30H,2-3H2,1H3,(H2,32,33,36). The Hall–Kier alpha value is -4.05. The first-order valence-corrected chi connectivity index (χ1v) is 11.4. The van der Waals surface area contributed by atoms with Crippen molar-refractivity contribution in [2.45, 2.75) is 18.8 Å². The molecule has 4 aromatic rings. The second-order valence-electron chi connectivity index (χ2n) is 8.42. The third-order valence-corrected chi connectivity index (χ3v) is 6.15. The van der Waals surface area contributed by atoms with Gasteiger partial charge in [-0.2, -0.15) is 0 Å². The number of nitrogens with zero attached hydrogens (tertiary/aromatic N) is 2. The van der Waals surface area contributed by atoms with E-state index in [4.69, 9.17) is 11.6 Å². The molecule has 1 aliphatic rings. The van der Waals surface area contributed by atoms with Crippen molar-refractivity contribution in [3.8, 4) is 5.69 Å². The van der Waals surface area contributed by atoms with Gasteiger partial charge in [-0.1, -0.05) is 11.6 Å². The number of rotatable bonds is 5. The zero-order valence-corrected chi connectivity index (χ0v) is 19.6. The van der Waals surface area contributed by atoms with E-state index in [-0.39, 0.29) is 33.6 Å². The Morgan fingerprint density at radius 3 is 2.44 bits per heavy atom. The first kappa shape index (κ1) is 23.7. The van der Waals surface area contributed by atoms with Crippen LogP contribution in [0.5, 0.6) is 0 Å². The lowest BCUT2D eigenvalue weighted by Gasteiger charge is -2.16. The van der Waals surface area contributed by atoms with Crippen molar-refractivity contribution < 1.29 is 18.0 Å². The van der Waals surface area contributed by atoms with Crippen LogP contribution in [0.15, 0.2) is 53.6 Å². The van der Waals surface area contributed by atoms with Gasteiger partial charge in [0.25, 0.3) is 5.56 Å². The predicted molar refractivity (Wildman–Crippen MR) is 133 cm³/mol. The summed E-state index contributed by atoms with van der Waals surface area (Å²) in [5.41, 5.74) is 0.0153. The lowest BCUT2D eigenvalue weighted by Crippen LogP contribution is -2.23. The Labute approximate surface area is 207 Å². The Kier molecular flexibility index (Phi) is 6.05. The Morgan fingerprint density at radius 1 is 1.06 bits per heavy atom. The van der Waals surface area contributed by atoms with Crippen LogP contribution in [0.3, 0.4) is 0 Å². The van der Waals surface area contributed by atoms with Gasteiger partial charge in [-0.3, -0.25) is 9.36 Å². The fourth-order valence-electron chi connectivity index (χ4n) is 4.06. The van der Waals surface area contributed by atoms with Gasteiger partial charge in [0.15, 0.2) is 0 Å². The average molecular weight is 514 g/mol. The second kappa shape index (κ2) is 9.19. The number of anilines is 3. The van der Waals surface area contributed by atoms with Crippen LogP contribution in [-0.2, 0) is 0 Å². The minimum atomic E-state index is -0.944. The number of halogens is 4. The van der Waals surface area contributed by atoms with Gasteiger partial charge in [0.2, 0.25) is 0 Å². The molecule has 1 saturated carbocycles. The SMILES string of the molecule is CNc1cc2c(C3CC3)c(=O)n(-c3cc(NC(=O)Nc4cc(F)cc(F)c4)c(F)cc3Cl)cc2cn1. The van der Waals surface area contributed by atoms with E-state index >= 15 is 0 Å². The number of aromatic nitrogens is 2. The molecular formula is C25H19ClF3N5O2. The highest BCUT2D eigenvalue weighted by Crippen LogP contribution is 2.42. The summed E-state index contributed by atoms with van der Waals surface area (Å²) in [5, 5.41) is 8.91. The quantitative estimate of drug-likeness (QED) is 0.304. The van der Waals surface area contributed by atoms with Crippen molar-refractivity contribution in [1.82, 2.24) is 9.55 Å². The lowest BCUT2D eigenvalue weighted by molar-refractivity contribution is 0.262.